The largest absolute Gasteiger partial charge is 0.478 e. The van der Waals surface area contributed by atoms with Gasteiger partial charge < -0.3 is 5.11 Å². The first-order valence-corrected chi connectivity index (χ1v) is 6.66. The van der Waals surface area contributed by atoms with Gasteiger partial charge in [-0.25, -0.2) is 17.6 Å². The Morgan fingerprint density at radius 2 is 1.95 bits per heavy atom. The van der Waals surface area contributed by atoms with Gasteiger partial charge in [0.2, 0.25) is 0 Å². The van der Waals surface area contributed by atoms with Crippen molar-refractivity contribution in [3.63, 3.8) is 0 Å². The molecule has 0 aliphatic rings. The number of rotatable bonds is 5. The van der Waals surface area contributed by atoms with Crippen LogP contribution >= 0.6 is 0 Å². The summed E-state index contributed by atoms with van der Waals surface area (Å²) in [6.07, 6.45) is -4.77. The average molecular weight is 331 g/mol. The van der Waals surface area contributed by atoms with Gasteiger partial charge in [-0.3, -0.25) is 4.84 Å². The fraction of sp³-hybridized carbons (Fsp3) is 0.300. The predicted octanol–water partition coefficient (Wildman–Crippen LogP) is 1.60. The maximum absolute atomic E-state index is 13.5. The zero-order valence-corrected chi connectivity index (χ0v) is 11.2. The summed E-state index contributed by atoms with van der Waals surface area (Å²) in [5, 5.41) is 8.71. The van der Waals surface area contributed by atoms with E-state index in [4.69, 9.17) is 5.11 Å². The molecule has 0 saturated heterocycles. The third-order valence-corrected chi connectivity index (χ3v) is 3.58. The van der Waals surface area contributed by atoms with Crippen LogP contribution in [0.2, 0.25) is 0 Å². The van der Waals surface area contributed by atoms with Crippen LogP contribution in [-0.2, 0) is 14.9 Å². The Bertz CT molecular complexity index is 656. The average Bonchev–Trinajstić information content (AvgIpc) is 2.29. The molecule has 118 valence electrons. The van der Waals surface area contributed by atoms with Gasteiger partial charge in [0.15, 0.2) is 6.61 Å². The molecule has 0 heterocycles. The first-order chi connectivity index (χ1) is 9.44. The Labute approximate surface area is 116 Å². The van der Waals surface area contributed by atoms with Crippen molar-refractivity contribution in [3.8, 4) is 0 Å². The molecule has 0 bridgehead atoms. The zero-order valence-electron chi connectivity index (χ0n) is 10.4. The molecule has 0 fully saturated rings. The summed E-state index contributed by atoms with van der Waals surface area (Å²) in [5.74, 6) is -2.73. The van der Waals surface area contributed by atoms with Crippen molar-refractivity contribution in [1.29, 1.82) is 0 Å². The van der Waals surface area contributed by atoms with Crippen molar-refractivity contribution in [3.05, 3.63) is 29.1 Å². The minimum absolute atomic E-state index is 0.455. The molecule has 0 aromatic heterocycles. The number of sulfonamides is 1. The number of hydrogen-bond acceptors (Lipinski definition) is 4. The van der Waals surface area contributed by atoms with E-state index in [2.05, 4.69) is 4.84 Å². The summed E-state index contributed by atoms with van der Waals surface area (Å²) < 4.78 is 72.4. The number of carboxylic acid groups (broad SMARTS) is 1. The lowest BCUT2D eigenvalue weighted by molar-refractivity contribution is -0.181. The van der Waals surface area contributed by atoms with Crippen molar-refractivity contribution in [2.75, 3.05) is 6.61 Å². The molecular formula is C10H9F4NO5S. The molecule has 0 radical (unpaired) electrons. The Hall–Kier alpha value is -1.72. The molecule has 1 rings (SSSR count). The van der Waals surface area contributed by atoms with Gasteiger partial charge in [0.05, 0.1) is 10.5 Å². The highest BCUT2D eigenvalue weighted by Gasteiger charge is 2.30. The second kappa shape index (κ2) is 5.95. The molecule has 0 atom stereocenters. The Morgan fingerprint density at radius 1 is 1.38 bits per heavy atom. The molecule has 0 amide bonds. The fourth-order valence-electron chi connectivity index (χ4n) is 1.29. The number of hydrogen-bond donors (Lipinski definition) is 2. The van der Waals surface area contributed by atoms with Gasteiger partial charge in [0.1, 0.15) is 5.82 Å². The Kier molecular flexibility index (Phi) is 4.91. The van der Waals surface area contributed by atoms with E-state index in [0.29, 0.717) is 12.1 Å². The van der Waals surface area contributed by atoms with E-state index in [0.717, 1.165) is 11.8 Å². The fourth-order valence-corrected chi connectivity index (χ4v) is 2.38. The highest BCUT2D eigenvalue weighted by Crippen LogP contribution is 2.21. The van der Waals surface area contributed by atoms with E-state index in [9.17, 15) is 30.8 Å². The van der Waals surface area contributed by atoms with E-state index in [1.807, 2.05) is 0 Å². The highest BCUT2D eigenvalue weighted by molar-refractivity contribution is 7.89. The normalized spacial score (nSPS) is 12.4. The van der Waals surface area contributed by atoms with Crippen molar-refractivity contribution in [1.82, 2.24) is 4.89 Å². The lowest BCUT2D eigenvalue weighted by Gasteiger charge is -2.12. The first kappa shape index (κ1) is 17.3. The SMILES string of the molecule is Cc1c(F)cc(C(=O)O)cc1S(=O)(=O)NOCC(F)(F)F. The van der Waals surface area contributed by atoms with Gasteiger partial charge in [-0.15, -0.1) is 0 Å². The molecule has 0 unspecified atom stereocenters. The molecule has 1 aromatic rings. The number of halogens is 4. The predicted molar refractivity (Wildman–Crippen MR) is 60.4 cm³/mol. The summed E-state index contributed by atoms with van der Waals surface area (Å²) in [7, 11) is -4.67. The van der Waals surface area contributed by atoms with E-state index < -0.39 is 50.6 Å². The molecule has 2 N–H and O–H groups in total. The van der Waals surface area contributed by atoms with Crippen LogP contribution in [0.3, 0.4) is 0 Å². The third kappa shape index (κ3) is 4.65. The molecule has 0 saturated carbocycles. The first-order valence-electron chi connectivity index (χ1n) is 5.18. The van der Waals surface area contributed by atoms with Crippen molar-refractivity contribution >= 4 is 16.0 Å². The summed E-state index contributed by atoms with van der Waals surface area (Å²) in [4.78, 5) is 14.8. The van der Waals surface area contributed by atoms with Gasteiger partial charge in [0.25, 0.3) is 10.0 Å². The van der Waals surface area contributed by atoms with E-state index in [1.165, 1.54) is 0 Å². The molecular weight excluding hydrogens is 322 g/mol. The number of benzene rings is 1. The van der Waals surface area contributed by atoms with Gasteiger partial charge in [-0.05, 0) is 19.1 Å². The minimum atomic E-state index is -4.77. The smallest absolute Gasteiger partial charge is 0.413 e. The summed E-state index contributed by atoms with van der Waals surface area (Å²) in [6.45, 7) is -0.869. The van der Waals surface area contributed by atoms with Crippen LogP contribution in [0, 0.1) is 12.7 Å². The lowest BCUT2D eigenvalue weighted by atomic mass is 10.1. The van der Waals surface area contributed by atoms with Crippen LogP contribution in [0.1, 0.15) is 15.9 Å². The summed E-state index contributed by atoms with van der Waals surface area (Å²) in [5.41, 5.74) is -1.13. The topological polar surface area (TPSA) is 92.7 Å². The van der Waals surface area contributed by atoms with Crippen LogP contribution < -0.4 is 4.89 Å². The number of aromatic carboxylic acids is 1. The standard InChI is InChI=1S/C10H9F4NO5S/c1-5-7(11)2-6(9(16)17)3-8(5)21(18,19)15-20-4-10(12,13)14/h2-3,15H,4H2,1H3,(H,16,17). The summed E-state index contributed by atoms with van der Waals surface area (Å²) in [6, 6.07) is 1.20. The van der Waals surface area contributed by atoms with Gasteiger partial charge in [0, 0.05) is 5.56 Å². The molecule has 1 aromatic carbocycles. The summed E-state index contributed by atoms with van der Waals surface area (Å²) >= 11 is 0. The molecule has 0 aliphatic heterocycles. The van der Waals surface area contributed by atoms with E-state index in [1.54, 1.807) is 0 Å². The molecule has 11 heteroatoms. The molecule has 0 aliphatic carbocycles. The van der Waals surface area contributed by atoms with E-state index >= 15 is 0 Å². The van der Waals surface area contributed by atoms with Crippen LogP contribution in [-0.4, -0.2) is 32.3 Å². The van der Waals surface area contributed by atoms with Crippen molar-refractivity contribution < 1.29 is 40.7 Å². The van der Waals surface area contributed by atoms with Gasteiger partial charge >= 0.3 is 12.1 Å². The third-order valence-electron chi connectivity index (χ3n) is 2.24. The Morgan fingerprint density at radius 3 is 2.43 bits per heavy atom. The maximum Gasteiger partial charge on any atom is 0.413 e. The number of carboxylic acids is 1. The minimum Gasteiger partial charge on any atom is -0.478 e. The molecule has 6 nitrogen and oxygen atoms in total. The van der Waals surface area contributed by atoms with Crippen LogP contribution in [0.25, 0.3) is 0 Å². The highest BCUT2D eigenvalue weighted by atomic mass is 32.2. The molecule has 0 spiro atoms. The van der Waals surface area contributed by atoms with Crippen LogP contribution in [0.4, 0.5) is 17.6 Å². The monoisotopic (exact) mass is 331 g/mol. The van der Waals surface area contributed by atoms with Crippen molar-refractivity contribution in [2.24, 2.45) is 0 Å². The zero-order chi connectivity index (χ0) is 16.4. The quantitative estimate of drug-likeness (QED) is 0.631. The van der Waals surface area contributed by atoms with Crippen LogP contribution in [0.5, 0.6) is 0 Å². The van der Waals surface area contributed by atoms with Gasteiger partial charge in [-0.2, -0.15) is 13.2 Å². The second-order valence-corrected chi connectivity index (χ2v) is 5.49. The van der Waals surface area contributed by atoms with Gasteiger partial charge in [-0.1, -0.05) is 4.89 Å². The number of nitrogens with one attached hydrogen (secondary N) is 1. The Balaban J connectivity index is 3.11. The molecule has 21 heavy (non-hydrogen) atoms. The van der Waals surface area contributed by atoms with Crippen molar-refractivity contribution in [2.45, 2.75) is 18.0 Å². The number of carbonyl (C=O) groups is 1. The second-order valence-electron chi connectivity index (χ2n) is 3.88. The van der Waals surface area contributed by atoms with Crippen LogP contribution in [0.15, 0.2) is 17.0 Å². The maximum atomic E-state index is 13.5. The lowest BCUT2D eigenvalue weighted by Crippen LogP contribution is -2.30. The van der Waals surface area contributed by atoms with E-state index in [-0.39, 0.29) is 0 Å². The number of alkyl halides is 3.